The van der Waals surface area contributed by atoms with E-state index in [9.17, 15) is 0 Å². The second kappa shape index (κ2) is 9.55. The van der Waals surface area contributed by atoms with Crippen LogP contribution in [0.3, 0.4) is 0 Å². The van der Waals surface area contributed by atoms with Gasteiger partial charge in [-0.05, 0) is 49.4 Å². The Hall–Kier alpha value is -0.484. The molecule has 1 aliphatic rings. The topological polar surface area (TPSA) is 58.4 Å². The molecule has 1 saturated heterocycles. The second-order valence-corrected chi connectivity index (χ2v) is 7.13. The summed E-state index contributed by atoms with van der Waals surface area (Å²) >= 11 is 12.5. The molecule has 6 nitrogen and oxygen atoms in total. The van der Waals surface area contributed by atoms with Crippen molar-refractivity contribution >= 4 is 74.6 Å². The van der Waals surface area contributed by atoms with E-state index in [0.717, 1.165) is 0 Å². The third-order valence-corrected chi connectivity index (χ3v) is 4.74. The average Bonchev–Trinajstić information content (AvgIpc) is 3.28. The Morgan fingerprint density at radius 3 is 2.54 bits per heavy atom. The monoisotopic (exact) mass is 445 g/mol. The molecule has 0 N–H and O–H groups in total. The molecular weight excluding hydrogens is 428 g/mol. The first-order valence-corrected chi connectivity index (χ1v) is 9.17. The zero-order chi connectivity index (χ0) is 18.9. The molecule has 0 radical (unpaired) electrons. The van der Waals surface area contributed by atoms with Crippen LogP contribution in [0.15, 0.2) is 55.1 Å². The van der Waals surface area contributed by atoms with Gasteiger partial charge in [-0.1, -0.05) is 23.2 Å². The van der Waals surface area contributed by atoms with Gasteiger partial charge >= 0.3 is 51.4 Å². The summed E-state index contributed by atoms with van der Waals surface area (Å²) in [7, 11) is 0. The van der Waals surface area contributed by atoms with Crippen LogP contribution in [-0.2, 0) is 21.8 Å². The Morgan fingerprint density at radius 1 is 1.18 bits per heavy atom. The molecule has 1 aromatic heterocycles. The van der Waals surface area contributed by atoms with E-state index in [0.29, 0.717) is 40.3 Å². The van der Waals surface area contributed by atoms with Crippen LogP contribution >= 0.6 is 23.2 Å². The van der Waals surface area contributed by atoms with Crippen molar-refractivity contribution in [3.8, 4) is 11.5 Å². The third kappa shape index (κ3) is 4.98. The number of halogens is 2. The van der Waals surface area contributed by atoms with Gasteiger partial charge in [0.15, 0.2) is 0 Å². The molecule has 3 aromatic rings. The van der Waals surface area contributed by atoms with Crippen LogP contribution in [0.2, 0.25) is 10.0 Å². The molecule has 9 heteroatoms. The molecule has 142 valence electrons. The van der Waals surface area contributed by atoms with E-state index in [1.165, 1.54) is 6.33 Å². The van der Waals surface area contributed by atoms with Gasteiger partial charge in [0.25, 0.3) is 0 Å². The third-order valence-electron chi connectivity index (χ3n) is 4.18. The van der Waals surface area contributed by atoms with E-state index in [1.54, 1.807) is 41.3 Å². The van der Waals surface area contributed by atoms with Crippen molar-refractivity contribution in [2.24, 2.45) is 0 Å². The summed E-state index contributed by atoms with van der Waals surface area (Å²) in [5, 5.41) is 5.28. The Morgan fingerprint density at radius 2 is 1.93 bits per heavy atom. The van der Waals surface area contributed by atoms with Crippen molar-refractivity contribution < 1.29 is 14.2 Å². The second-order valence-electron chi connectivity index (χ2n) is 6.28. The number of nitrogens with zero attached hydrogens (tertiary/aromatic N) is 3. The molecule has 0 bridgehead atoms. The van der Waals surface area contributed by atoms with Gasteiger partial charge in [0.1, 0.15) is 30.7 Å². The molecule has 28 heavy (non-hydrogen) atoms. The minimum absolute atomic E-state index is 0. The Labute approximate surface area is 215 Å². The quantitative estimate of drug-likeness (QED) is 0.555. The van der Waals surface area contributed by atoms with E-state index in [1.807, 2.05) is 19.1 Å². The zero-order valence-electron chi connectivity index (χ0n) is 14.5. The van der Waals surface area contributed by atoms with Crippen molar-refractivity contribution in [2.45, 2.75) is 25.4 Å². The number of aromatic nitrogens is 3. The van der Waals surface area contributed by atoms with Crippen molar-refractivity contribution in [2.75, 3.05) is 6.61 Å². The molecular formula is C19H18Cl2KN3O3. The Balaban J connectivity index is 0.00000225. The molecule has 0 saturated carbocycles. The minimum atomic E-state index is -1.02. The molecule has 0 amide bonds. The molecule has 1 fully saturated rings. The van der Waals surface area contributed by atoms with Gasteiger partial charge in [-0.25, -0.2) is 9.67 Å². The van der Waals surface area contributed by atoms with Gasteiger partial charge in [-0.2, -0.15) is 5.10 Å². The molecule has 2 atom stereocenters. The first-order chi connectivity index (χ1) is 13.0. The van der Waals surface area contributed by atoms with E-state index >= 15 is 0 Å². The van der Waals surface area contributed by atoms with Crippen LogP contribution in [0.25, 0.3) is 0 Å². The van der Waals surface area contributed by atoms with Crippen molar-refractivity contribution in [3.05, 3.63) is 70.7 Å². The molecule has 1 aliphatic heterocycles. The molecule has 2 heterocycles. The van der Waals surface area contributed by atoms with Crippen LogP contribution in [0.1, 0.15) is 12.5 Å². The van der Waals surface area contributed by atoms with Gasteiger partial charge in [-0.3, -0.25) is 0 Å². The SMILES string of the molecule is C[C@H]1CO[C@](Cn2cncn2)(c2ccc(Oc3ccc(Cl)cc3)cc2Cl)O1.[KH]. The molecule has 2 aromatic carbocycles. The fraction of sp³-hybridized carbons (Fsp3) is 0.263. The van der Waals surface area contributed by atoms with E-state index in [-0.39, 0.29) is 57.5 Å². The summed E-state index contributed by atoms with van der Waals surface area (Å²) in [6.07, 6.45) is 3.02. The zero-order valence-corrected chi connectivity index (χ0v) is 16.0. The summed E-state index contributed by atoms with van der Waals surface area (Å²) in [5.41, 5.74) is 0.715. The van der Waals surface area contributed by atoms with Crippen molar-refractivity contribution in [1.29, 1.82) is 0 Å². The first-order valence-electron chi connectivity index (χ1n) is 8.42. The summed E-state index contributed by atoms with van der Waals surface area (Å²) in [5.74, 6) is 0.249. The number of hydrogen-bond donors (Lipinski definition) is 0. The van der Waals surface area contributed by atoms with Crippen LogP contribution < -0.4 is 4.74 Å². The number of hydrogen-bond acceptors (Lipinski definition) is 5. The normalized spacial score (nSPS) is 21.3. The number of rotatable bonds is 5. The van der Waals surface area contributed by atoms with Crippen LogP contribution in [0.5, 0.6) is 11.5 Å². The van der Waals surface area contributed by atoms with E-state index in [2.05, 4.69) is 10.1 Å². The van der Waals surface area contributed by atoms with E-state index < -0.39 is 5.79 Å². The van der Waals surface area contributed by atoms with Gasteiger partial charge in [0.05, 0.1) is 17.7 Å². The number of ether oxygens (including phenoxy) is 3. The van der Waals surface area contributed by atoms with Crippen molar-refractivity contribution in [3.63, 3.8) is 0 Å². The van der Waals surface area contributed by atoms with Gasteiger partial charge in [0.2, 0.25) is 5.79 Å². The van der Waals surface area contributed by atoms with Gasteiger partial charge < -0.3 is 14.2 Å². The average molecular weight is 446 g/mol. The van der Waals surface area contributed by atoms with Crippen LogP contribution in [-0.4, -0.2) is 78.9 Å². The molecule has 4 rings (SSSR count). The van der Waals surface area contributed by atoms with Gasteiger partial charge in [0, 0.05) is 10.6 Å². The summed E-state index contributed by atoms with van der Waals surface area (Å²) in [6.45, 7) is 2.76. The summed E-state index contributed by atoms with van der Waals surface area (Å²) in [6, 6.07) is 12.5. The van der Waals surface area contributed by atoms with Crippen LogP contribution in [0, 0.1) is 0 Å². The summed E-state index contributed by atoms with van der Waals surface area (Å²) < 4.78 is 19.6. The fourth-order valence-electron chi connectivity index (χ4n) is 2.99. The maximum absolute atomic E-state index is 6.57. The predicted molar refractivity (Wildman–Crippen MR) is 108 cm³/mol. The van der Waals surface area contributed by atoms with Crippen LogP contribution in [0.4, 0.5) is 0 Å². The van der Waals surface area contributed by atoms with Gasteiger partial charge in [-0.15, -0.1) is 0 Å². The Bertz CT molecular complexity index is 925. The predicted octanol–water partition coefficient (Wildman–Crippen LogP) is 4.02. The van der Waals surface area contributed by atoms with E-state index in [4.69, 9.17) is 37.4 Å². The fourth-order valence-corrected chi connectivity index (χ4v) is 3.43. The number of benzene rings is 2. The summed E-state index contributed by atoms with van der Waals surface area (Å²) in [4.78, 5) is 3.98. The van der Waals surface area contributed by atoms with Crippen molar-refractivity contribution in [1.82, 2.24) is 14.8 Å². The standard InChI is InChI=1S/C19H17Cl2N3O3.K.H/c1-13-9-25-19(27-13,10-24-12-22-11-23-24)17-7-6-16(8-18(17)21)26-15-4-2-14(20)3-5-15;;/h2-8,11-13H,9-10H2,1H3;;/t13-,19-;;/m0../s1. The first kappa shape index (κ1) is 22.2. The molecule has 0 spiro atoms. The molecule has 0 aliphatic carbocycles. The maximum atomic E-state index is 6.57. The molecule has 0 unspecified atom stereocenters. The Kier molecular flexibility index (Phi) is 7.57.